The van der Waals surface area contributed by atoms with Crippen LogP contribution in [0.25, 0.3) is 11.1 Å². The number of nitrogens with zero attached hydrogens (tertiary/aromatic N) is 4. The van der Waals surface area contributed by atoms with E-state index >= 15 is 0 Å². The van der Waals surface area contributed by atoms with E-state index < -0.39 is 5.76 Å². The van der Waals surface area contributed by atoms with Crippen molar-refractivity contribution in [3.05, 3.63) is 82.9 Å². The van der Waals surface area contributed by atoms with Crippen LogP contribution in [0.5, 0.6) is 0 Å². The second kappa shape index (κ2) is 8.55. The van der Waals surface area contributed by atoms with Crippen LogP contribution >= 0.6 is 0 Å². The first-order valence-electron chi connectivity index (χ1n) is 9.44. The van der Waals surface area contributed by atoms with Gasteiger partial charge in [-0.3, -0.25) is 9.36 Å². The molecule has 2 aromatic heterocycles. The summed E-state index contributed by atoms with van der Waals surface area (Å²) in [7, 11) is 0. The molecule has 0 aliphatic heterocycles. The molecule has 0 aliphatic carbocycles. The summed E-state index contributed by atoms with van der Waals surface area (Å²) in [6.45, 7) is 1.58. The zero-order valence-corrected chi connectivity index (χ0v) is 15.8. The molecule has 0 aliphatic rings. The third-order valence-electron chi connectivity index (χ3n) is 4.68. The number of oxazole rings is 1. The molecule has 4 aromatic rings. The summed E-state index contributed by atoms with van der Waals surface area (Å²) >= 11 is 0. The second-order valence-corrected chi connectivity index (χ2v) is 6.78. The van der Waals surface area contributed by atoms with Crippen molar-refractivity contribution in [1.82, 2.24) is 24.6 Å². The number of nitrogens with one attached hydrogen (secondary N) is 1. The number of benzene rings is 2. The normalized spacial score (nSPS) is 11.0. The highest BCUT2D eigenvalue weighted by molar-refractivity contribution is 5.76. The van der Waals surface area contributed by atoms with Crippen molar-refractivity contribution in [2.24, 2.45) is 0 Å². The Hall–Kier alpha value is -3.68. The molecule has 29 heavy (non-hydrogen) atoms. The first kappa shape index (κ1) is 18.7. The number of rotatable bonds is 8. The molecule has 4 rings (SSSR count). The van der Waals surface area contributed by atoms with Crippen LogP contribution in [0.1, 0.15) is 24.0 Å². The van der Waals surface area contributed by atoms with Gasteiger partial charge in [0.25, 0.3) is 0 Å². The molecule has 1 amide bonds. The zero-order chi connectivity index (χ0) is 20.1. The van der Waals surface area contributed by atoms with E-state index in [0.29, 0.717) is 38.1 Å². The van der Waals surface area contributed by atoms with Gasteiger partial charge >= 0.3 is 5.76 Å². The minimum atomic E-state index is -0.391. The Balaban J connectivity index is 1.24. The maximum atomic E-state index is 12.1. The van der Waals surface area contributed by atoms with E-state index in [1.165, 1.54) is 6.33 Å². The van der Waals surface area contributed by atoms with Gasteiger partial charge in [-0.05, 0) is 29.7 Å². The quantitative estimate of drug-likeness (QED) is 0.497. The van der Waals surface area contributed by atoms with Gasteiger partial charge in [0.2, 0.25) is 5.91 Å². The average molecular weight is 391 g/mol. The minimum Gasteiger partial charge on any atom is -0.408 e. The van der Waals surface area contributed by atoms with Crippen molar-refractivity contribution in [3.8, 4) is 0 Å². The van der Waals surface area contributed by atoms with Crippen LogP contribution in [0.4, 0.5) is 0 Å². The number of carbonyl (C=O) groups is 1. The molecule has 0 unspecified atom stereocenters. The van der Waals surface area contributed by atoms with Gasteiger partial charge in [0.1, 0.15) is 12.7 Å². The van der Waals surface area contributed by atoms with Crippen molar-refractivity contribution in [2.45, 2.75) is 32.5 Å². The number of hydrogen-bond acceptors (Lipinski definition) is 5. The van der Waals surface area contributed by atoms with Gasteiger partial charge in [-0.2, -0.15) is 5.10 Å². The highest BCUT2D eigenvalue weighted by atomic mass is 16.4. The highest BCUT2D eigenvalue weighted by Gasteiger charge is 2.09. The minimum absolute atomic E-state index is 0.0439. The molecule has 2 heterocycles. The summed E-state index contributed by atoms with van der Waals surface area (Å²) in [5.74, 6) is -0.435. The van der Waals surface area contributed by atoms with Crippen molar-refractivity contribution in [1.29, 1.82) is 0 Å². The smallest absolute Gasteiger partial charge is 0.408 e. The van der Waals surface area contributed by atoms with Crippen LogP contribution in [-0.2, 0) is 24.4 Å². The van der Waals surface area contributed by atoms with E-state index in [0.717, 1.165) is 16.6 Å². The molecule has 0 bridgehead atoms. The molecule has 1 N–H and O–H groups in total. The summed E-state index contributed by atoms with van der Waals surface area (Å²) in [5, 5.41) is 7.00. The number of hydrogen-bond donors (Lipinski definition) is 1. The number of aromatic nitrogens is 4. The summed E-state index contributed by atoms with van der Waals surface area (Å²) in [6.07, 6.45) is 4.09. The Morgan fingerprint density at radius 2 is 1.86 bits per heavy atom. The van der Waals surface area contributed by atoms with Crippen molar-refractivity contribution < 1.29 is 9.21 Å². The van der Waals surface area contributed by atoms with E-state index in [9.17, 15) is 9.59 Å². The Bertz CT molecular complexity index is 1140. The Morgan fingerprint density at radius 3 is 2.66 bits per heavy atom. The maximum Gasteiger partial charge on any atom is 0.419 e. The zero-order valence-electron chi connectivity index (χ0n) is 15.8. The third-order valence-corrected chi connectivity index (χ3v) is 4.68. The summed E-state index contributed by atoms with van der Waals surface area (Å²) in [5.41, 5.74) is 3.46. The molecule has 8 heteroatoms. The molecule has 2 aromatic carbocycles. The fraction of sp³-hybridized carbons (Fsp3) is 0.238. The SMILES string of the molecule is O=C(CCCn1c(=O)oc2ccccc21)NCc1ccc(Cn2cncn2)cc1. The lowest BCUT2D eigenvalue weighted by Gasteiger charge is -2.07. The van der Waals surface area contributed by atoms with Gasteiger partial charge in [-0.25, -0.2) is 14.5 Å². The Morgan fingerprint density at radius 1 is 1.07 bits per heavy atom. The number of amides is 1. The van der Waals surface area contributed by atoms with Gasteiger partial charge in [0.15, 0.2) is 5.58 Å². The van der Waals surface area contributed by atoms with E-state index in [4.69, 9.17) is 4.42 Å². The van der Waals surface area contributed by atoms with E-state index in [2.05, 4.69) is 15.4 Å². The second-order valence-electron chi connectivity index (χ2n) is 6.78. The first-order valence-corrected chi connectivity index (χ1v) is 9.44. The molecule has 0 spiro atoms. The summed E-state index contributed by atoms with van der Waals surface area (Å²) in [4.78, 5) is 28.0. The van der Waals surface area contributed by atoms with Crippen LogP contribution in [-0.4, -0.2) is 25.2 Å². The molecular weight excluding hydrogens is 370 g/mol. The van der Waals surface area contributed by atoms with Gasteiger partial charge < -0.3 is 9.73 Å². The topological polar surface area (TPSA) is 94.9 Å². The summed E-state index contributed by atoms with van der Waals surface area (Å²) < 4.78 is 8.52. The maximum absolute atomic E-state index is 12.1. The fourth-order valence-electron chi connectivity index (χ4n) is 3.18. The van der Waals surface area contributed by atoms with Crippen LogP contribution in [0.3, 0.4) is 0 Å². The lowest BCUT2D eigenvalue weighted by Crippen LogP contribution is -2.23. The predicted octanol–water partition coefficient (Wildman–Crippen LogP) is 2.33. The lowest BCUT2D eigenvalue weighted by molar-refractivity contribution is -0.121. The standard InChI is InChI=1S/C21H21N5O3/c27-20(6-3-11-26-18-4-1-2-5-19(18)29-21(26)28)23-12-16-7-9-17(10-8-16)13-25-15-22-14-24-25/h1-2,4-5,7-10,14-15H,3,6,11-13H2,(H,23,27). The average Bonchev–Trinajstić information content (AvgIpc) is 3.35. The van der Waals surface area contributed by atoms with Gasteiger partial charge in [-0.1, -0.05) is 36.4 Å². The van der Waals surface area contributed by atoms with Crippen LogP contribution in [0, 0.1) is 0 Å². The monoisotopic (exact) mass is 391 g/mol. The number of para-hydroxylation sites is 2. The molecule has 0 fully saturated rings. The van der Waals surface area contributed by atoms with E-state index in [-0.39, 0.29) is 5.91 Å². The van der Waals surface area contributed by atoms with Crippen molar-refractivity contribution in [3.63, 3.8) is 0 Å². The molecule has 0 radical (unpaired) electrons. The van der Waals surface area contributed by atoms with Crippen LogP contribution in [0.2, 0.25) is 0 Å². The number of carbonyl (C=O) groups excluding carboxylic acids is 1. The largest absolute Gasteiger partial charge is 0.419 e. The predicted molar refractivity (Wildman–Crippen MR) is 107 cm³/mol. The van der Waals surface area contributed by atoms with Crippen molar-refractivity contribution in [2.75, 3.05) is 0 Å². The van der Waals surface area contributed by atoms with Gasteiger partial charge in [-0.15, -0.1) is 0 Å². The summed E-state index contributed by atoms with van der Waals surface area (Å²) in [6, 6.07) is 15.3. The first-order chi connectivity index (χ1) is 14.2. The van der Waals surface area contributed by atoms with Gasteiger partial charge in [0, 0.05) is 19.5 Å². The van der Waals surface area contributed by atoms with Crippen LogP contribution < -0.4 is 11.1 Å². The molecule has 0 atom stereocenters. The number of aryl methyl sites for hydroxylation is 1. The molecule has 0 saturated heterocycles. The van der Waals surface area contributed by atoms with Crippen LogP contribution in [0.15, 0.2) is 70.4 Å². The molecular formula is C21H21N5O3. The number of fused-ring (bicyclic) bond motifs is 1. The lowest BCUT2D eigenvalue weighted by atomic mass is 10.1. The Labute approximate surface area is 166 Å². The van der Waals surface area contributed by atoms with Gasteiger partial charge in [0.05, 0.1) is 12.1 Å². The van der Waals surface area contributed by atoms with E-state index in [1.54, 1.807) is 21.6 Å². The molecule has 148 valence electrons. The van der Waals surface area contributed by atoms with E-state index in [1.807, 2.05) is 42.5 Å². The Kier molecular flexibility index (Phi) is 5.51. The third kappa shape index (κ3) is 4.60. The fourth-order valence-corrected chi connectivity index (χ4v) is 3.18. The molecule has 8 nitrogen and oxygen atoms in total. The molecule has 0 saturated carbocycles. The van der Waals surface area contributed by atoms with Crippen molar-refractivity contribution >= 4 is 17.0 Å². The highest BCUT2D eigenvalue weighted by Crippen LogP contribution is 2.12.